The van der Waals surface area contributed by atoms with E-state index in [1.54, 1.807) is 12.1 Å². The lowest BCUT2D eigenvalue weighted by atomic mass is 10.1. The maximum Gasteiger partial charge on any atom is 0.160 e. The summed E-state index contributed by atoms with van der Waals surface area (Å²) in [5.74, 6) is 1.27. The van der Waals surface area contributed by atoms with Crippen LogP contribution in [0.2, 0.25) is 0 Å². The van der Waals surface area contributed by atoms with Crippen LogP contribution >= 0.6 is 0 Å². The van der Waals surface area contributed by atoms with Crippen LogP contribution in [-0.2, 0) is 12.8 Å². The van der Waals surface area contributed by atoms with Gasteiger partial charge in [-0.25, -0.2) is 0 Å². The van der Waals surface area contributed by atoms with Gasteiger partial charge in [-0.2, -0.15) is 0 Å². The number of hydrogen-bond acceptors (Lipinski definition) is 6. The standard InChI is InChI=1S/C18H24N2O4/c1-23-17-11-13(3-5-15(17)21)7-9-19-20-10-8-14-4-6-16(22)18(12-14)24-2/h3-6,11-12,19-22H,7-10H2,1-2H3. The summed E-state index contributed by atoms with van der Waals surface area (Å²) in [6, 6.07) is 10.7. The van der Waals surface area contributed by atoms with E-state index < -0.39 is 0 Å². The lowest BCUT2D eigenvalue weighted by molar-refractivity contribution is 0.372. The molecule has 0 spiro atoms. The lowest BCUT2D eigenvalue weighted by Crippen LogP contribution is -2.34. The highest BCUT2D eigenvalue weighted by Gasteiger charge is 2.03. The Kier molecular flexibility index (Phi) is 6.72. The maximum atomic E-state index is 9.56. The second kappa shape index (κ2) is 9.00. The lowest BCUT2D eigenvalue weighted by Gasteiger charge is -2.10. The van der Waals surface area contributed by atoms with Crippen LogP contribution in [0.4, 0.5) is 0 Å². The first-order chi connectivity index (χ1) is 11.6. The molecule has 0 saturated carbocycles. The van der Waals surface area contributed by atoms with Gasteiger partial charge in [0.15, 0.2) is 23.0 Å². The Morgan fingerprint density at radius 3 is 1.54 bits per heavy atom. The summed E-state index contributed by atoms with van der Waals surface area (Å²) in [4.78, 5) is 0. The van der Waals surface area contributed by atoms with Crippen molar-refractivity contribution in [3.05, 3.63) is 47.5 Å². The Balaban J connectivity index is 1.68. The molecule has 0 amide bonds. The first kappa shape index (κ1) is 17.9. The van der Waals surface area contributed by atoms with Crippen LogP contribution in [-0.4, -0.2) is 37.5 Å². The Hall–Kier alpha value is -2.44. The van der Waals surface area contributed by atoms with E-state index in [1.807, 2.05) is 24.3 Å². The van der Waals surface area contributed by atoms with Crippen molar-refractivity contribution in [1.82, 2.24) is 10.9 Å². The number of aromatic hydroxyl groups is 2. The predicted molar refractivity (Wildman–Crippen MR) is 92.7 cm³/mol. The van der Waals surface area contributed by atoms with Crippen LogP contribution in [0.1, 0.15) is 11.1 Å². The van der Waals surface area contributed by atoms with Crippen LogP contribution < -0.4 is 20.3 Å². The molecule has 0 heterocycles. The van der Waals surface area contributed by atoms with Crippen LogP contribution in [0.5, 0.6) is 23.0 Å². The zero-order chi connectivity index (χ0) is 17.4. The fraction of sp³-hybridized carbons (Fsp3) is 0.333. The molecule has 6 heteroatoms. The second-order valence-electron chi connectivity index (χ2n) is 5.37. The third-order valence-electron chi connectivity index (χ3n) is 3.69. The number of hydrogen-bond donors (Lipinski definition) is 4. The van der Waals surface area contributed by atoms with Gasteiger partial charge in [0.1, 0.15) is 0 Å². The third kappa shape index (κ3) is 5.04. The van der Waals surface area contributed by atoms with Gasteiger partial charge >= 0.3 is 0 Å². The Morgan fingerprint density at radius 1 is 0.750 bits per heavy atom. The molecule has 0 radical (unpaired) electrons. The van der Waals surface area contributed by atoms with Gasteiger partial charge in [-0.1, -0.05) is 12.1 Å². The first-order valence-corrected chi connectivity index (χ1v) is 7.81. The highest BCUT2D eigenvalue weighted by Crippen LogP contribution is 2.27. The number of nitrogens with one attached hydrogen (secondary N) is 2. The van der Waals surface area contributed by atoms with E-state index in [2.05, 4.69) is 10.9 Å². The number of benzene rings is 2. The number of ether oxygens (including phenoxy) is 2. The van der Waals surface area contributed by atoms with Gasteiger partial charge in [-0.3, -0.25) is 10.9 Å². The number of methoxy groups -OCH3 is 2. The van der Waals surface area contributed by atoms with Gasteiger partial charge in [0.25, 0.3) is 0 Å². The Bertz CT molecular complexity index is 604. The predicted octanol–water partition coefficient (Wildman–Crippen LogP) is 1.99. The summed E-state index contributed by atoms with van der Waals surface area (Å²) in [7, 11) is 3.08. The molecule has 24 heavy (non-hydrogen) atoms. The van der Waals surface area contributed by atoms with E-state index >= 15 is 0 Å². The van der Waals surface area contributed by atoms with Crippen LogP contribution in [0, 0.1) is 0 Å². The molecule has 0 aliphatic carbocycles. The molecule has 0 unspecified atom stereocenters. The van der Waals surface area contributed by atoms with Gasteiger partial charge in [-0.15, -0.1) is 0 Å². The summed E-state index contributed by atoms with van der Waals surface area (Å²) in [6.45, 7) is 1.51. The summed E-state index contributed by atoms with van der Waals surface area (Å²) in [5.41, 5.74) is 8.50. The second-order valence-corrected chi connectivity index (χ2v) is 5.37. The molecule has 2 aromatic rings. The minimum atomic E-state index is 0.150. The number of hydrazine groups is 1. The first-order valence-electron chi connectivity index (χ1n) is 7.81. The zero-order valence-corrected chi connectivity index (χ0v) is 14.0. The van der Waals surface area contributed by atoms with Crippen molar-refractivity contribution in [2.75, 3.05) is 27.3 Å². The smallest absolute Gasteiger partial charge is 0.160 e. The third-order valence-corrected chi connectivity index (χ3v) is 3.69. The normalized spacial score (nSPS) is 10.6. The van der Waals surface area contributed by atoms with E-state index in [0.29, 0.717) is 11.5 Å². The molecule has 130 valence electrons. The highest BCUT2D eigenvalue weighted by atomic mass is 16.5. The maximum absolute atomic E-state index is 9.56. The minimum Gasteiger partial charge on any atom is -0.504 e. The fourth-order valence-corrected chi connectivity index (χ4v) is 2.35. The van der Waals surface area contributed by atoms with Crippen molar-refractivity contribution in [2.24, 2.45) is 0 Å². The van der Waals surface area contributed by atoms with Crippen LogP contribution in [0.15, 0.2) is 36.4 Å². The molecule has 0 aliphatic rings. The number of rotatable bonds is 9. The van der Waals surface area contributed by atoms with E-state index in [0.717, 1.165) is 37.1 Å². The largest absolute Gasteiger partial charge is 0.504 e. The van der Waals surface area contributed by atoms with Gasteiger partial charge in [0.2, 0.25) is 0 Å². The molecule has 2 rings (SSSR count). The van der Waals surface area contributed by atoms with Crippen molar-refractivity contribution in [1.29, 1.82) is 0 Å². The SMILES string of the molecule is COc1cc(CCNNCCc2ccc(O)c(OC)c2)ccc1O. The molecule has 6 nitrogen and oxygen atoms in total. The van der Waals surface area contributed by atoms with Crippen LogP contribution in [0.3, 0.4) is 0 Å². The van der Waals surface area contributed by atoms with Crippen molar-refractivity contribution in [3.8, 4) is 23.0 Å². The minimum absolute atomic E-state index is 0.150. The van der Waals surface area contributed by atoms with Crippen molar-refractivity contribution in [2.45, 2.75) is 12.8 Å². The van der Waals surface area contributed by atoms with Crippen molar-refractivity contribution in [3.63, 3.8) is 0 Å². The monoisotopic (exact) mass is 332 g/mol. The van der Waals surface area contributed by atoms with Crippen LogP contribution in [0.25, 0.3) is 0 Å². The van der Waals surface area contributed by atoms with E-state index in [1.165, 1.54) is 14.2 Å². The fourth-order valence-electron chi connectivity index (χ4n) is 2.35. The topological polar surface area (TPSA) is 83.0 Å². The molecule has 0 saturated heterocycles. The molecule has 0 fully saturated rings. The van der Waals surface area contributed by atoms with Crippen molar-refractivity contribution < 1.29 is 19.7 Å². The quantitative estimate of drug-likeness (QED) is 0.415. The number of phenols is 2. The summed E-state index contributed by atoms with van der Waals surface area (Å²) >= 11 is 0. The Labute approximate surface area is 142 Å². The molecule has 4 N–H and O–H groups in total. The van der Waals surface area contributed by atoms with E-state index in [4.69, 9.17) is 9.47 Å². The molecular formula is C18H24N2O4. The van der Waals surface area contributed by atoms with Gasteiger partial charge in [-0.05, 0) is 48.2 Å². The molecule has 0 atom stereocenters. The molecule has 0 aromatic heterocycles. The highest BCUT2D eigenvalue weighted by molar-refractivity contribution is 5.42. The zero-order valence-electron chi connectivity index (χ0n) is 14.0. The molecule has 2 aromatic carbocycles. The average molecular weight is 332 g/mol. The van der Waals surface area contributed by atoms with Crippen molar-refractivity contribution >= 4 is 0 Å². The van der Waals surface area contributed by atoms with Gasteiger partial charge in [0, 0.05) is 13.1 Å². The summed E-state index contributed by atoms with van der Waals surface area (Å²) < 4.78 is 10.2. The van der Waals surface area contributed by atoms with E-state index in [9.17, 15) is 10.2 Å². The van der Waals surface area contributed by atoms with E-state index in [-0.39, 0.29) is 11.5 Å². The summed E-state index contributed by atoms with van der Waals surface area (Å²) in [5, 5.41) is 19.1. The molecular weight excluding hydrogens is 308 g/mol. The summed E-state index contributed by atoms with van der Waals surface area (Å²) in [6.07, 6.45) is 1.63. The molecule has 0 aliphatic heterocycles. The van der Waals surface area contributed by atoms with Gasteiger partial charge in [0.05, 0.1) is 14.2 Å². The Morgan fingerprint density at radius 2 is 1.17 bits per heavy atom. The van der Waals surface area contributed by atoms with Gasteiger partial charge < -0.3 is 19.7 Å². The molecule has 0 bridgehead atoms. The number of phenolic OH excluding ortho intramolecular Hbond substituents is 2. The average Bonchev–Trinajstić information content (AvgIpc) is 2.60.